The predicted molar refractivity (Wildman–Crippen MR) is 81.9 cm³/mol. The lowest BCUT2D eigenvalue weighted by Crippen LogP contribution is -2.37. The maximum atomic E-state index is 11.9. The van der Waals surface area contributed by atoms with Crippen molar-refractivity contribution in [1.29, 1.82) is 0 Å². The van der Waals surface area contributed by atoms with Crippen LogP contribution in [0.15, 0.2) is 30.3 Å². The molecule has 1 aromatic rings. The highest BCUT2D eigenvalue weighted by molar-refractivity contribution is 5.94. The fourth-order valence-electron chi connectivity index (χ4n) is 1.88. The smallest absolute Gasteiger partial charge is 0.251 e. The molecule has 0 radical (unpaired) electrons. The van der Waals surface area contributed by atoms with Gasteiger partial charge in [0.05, 0.1) is 6.10 Å². The molecule has 0 bridgehead atoms. The Morgan fingerprint density at radius 3 is 2.52 bits per heavy atom. The van der Waals surface area contributed by atoms with Gasteiger partial charge in [-0.3, -0.25) is 9.59 Å². The molecule has 3 N–H and O–H groups in total. The molecule has 5 nitrogen and oxygen atoms in total. The molecule has 0 spiro atoms. The van der Waals surface area contributed by atoms with E-state index in [0.717, 1.165) is 0 Å². The first-order valence-electron chi connectivity index (χ1n) is 7.33. The molecule has 21 heavy (non-hydrogen) atoms. The van der Waals surface area contributed by atoms with E-state index in [-0.39, 0.29) is 30.4 Å². The summed E-state index contributed by atoms with van der Waals surface area (Å²) in [6.07, 6.45) is 1.08. The molecule has 0 aromatic heterocycles. The summed E-state index contributed by atoms with van der Waals surface area (Å²) in [6.45, 7) is 4.14. The van der Waals surface area contributed by atoms with Crippen LogP contribution in [0.5, 0.6) is 0 Å². The van der Waals surface area contributed by atoms with Gasteiger partial charge in [0.15, 0.2) is 0 Å². The summed E-state index contributed by atoms with van der Waals surface area (Å²) in [7, 11) is 0. The second kappa shape index (κ2) is 9.13. The Hall–Kier alpha value is -1.88. The number of hydrogen-bond acceptors (Lipinski definition) is 3. The summed E-state index contributed by atoms with van der Waals surface area (Å²) in [4.78, 5) is 23.6. The van der Waals surface area contributed by atoms with Crippen LogP contribution in [0.25, 0.3) is 0 Å². The second-order valence-corrected chi connectivity index (χ2v) is 5.15. The lowest BCUT2D eigenvalue weighted by atomic mass is 10.1. The molecule has 0 aliphatic carbocycles. The average Bonchev–Trinajstić information content (AvgIpc) is 2.47. The molecule has 1 aromatic carbocycles. The Morgan fingerprint density at radius 1 is 1.24 bits per heavy atom. The fourth-order valence-corrected chi connectivity index (χ4v) is 1.88. The molecule has 0 fully saturated rings. The quantitative estimate of drug-likeness (QED) is 0.679. The predicted octanol–water partition coefficient (Wildman–Crippen LogP) is 1.47. The van der Waals surface area contributed by atoms with Crippen molar-refractivity contribution in [2.24, 2.45) is 0 Å². The number of amides is 2. The Balaban J connectivity index is 2.28. The van der Waals surface area contributed by atoms with E-state index in [2.05, 4.69) is 10.6 Å². The number of aliphatic hydroxyl groups excluding tert-OH is 1. The molecular weight excluding hydrogens is 268 g/mol. The van der Waals surface area contributed by atoms with Gasteiger partial charge in [-0.05, 0) is 31.9 Å². The third-order valence-electron chi connectivity index (χ3n) is 3.18. The van der Waals surface area contributed by atoms with Crippen molar-refractivity contribution in [3.05, 3.63) is 35.9 Å². The summed E-state index contributed by atoms with van der Waals surface area (Å²) >= 11 is 0. The first kappa shape index (κ1) is 17.2. The van der Waals surface area contributed by atoms with E-state index in [0.29, 0.717) is 24.9 Å². The zero-order valence-corrected chi connectivity index (χ0v) is 12.6. The Kier molecular flexibility index (Phi) is 7.46. The maximum absolute atomic E-state index is 11.9. The number of carbonyl (C=O) groups excluding carboxylic acids is 2. The van der Waals surface area contributed by atoms with Gasteiger partial charge in [0, 0.05) is 24.6 Å². The van der Waals surface area contributed by atoms with Crippen molar-refractivity contribution in [1.82, 2.24) is 10.6 Å². The van der Waals surface area contributed by atoms with Crippen LogP contribution in [0.3, 0.4) is 0 Å². The van der Waals surface area contributed by atoms with Gasteiger partial charge in [0.2, 0.25) is 5.91 Å². The maximum Gasteiger partial charge on any atom is 0.251 e. The number of hydrogen-bond donors (Lipinski definition) is 3. The zero-order chi connectivity index (χ0) is 15.7. The van der Waals surface area contributed by atoms with E-state index in [1.165, 1.54) is 0 Å². The number of carbonyl (C=O) groups is 2. The van der Waals surface area contributed by atoms with Gasteiger partial charge in [-0.15, -0.1) is 0 Å². The van der Waals surface area contributed by atoms with Crippen molar-refractivity contribution in [2.75, 3.05) is 6.54 Å². The minimum atomic E-state index is -0.375. The highest BCUT2D eigenvalue weighted by Gasteiger charge is 2.13. The van der Waals surface area contributed by atoms with Crippen LogP contribution < -0.4 is 10.6 Å². The molecule has 0 saturated heterocycles. The van der Waals surface area contributed by atoms with E-state index in [9.17, 15) is 14.7 Å². The molecule has 1 rings (SSSR count). The largest absolute Gasteiger partial charge is 0.393 e. The Bertz CT molecular complexity index is 448. The standard InChI is InChI=1S/C16H24N2O3/c1-3-14(19)9-10-17-15(20)11-12(2)18-16(21)13-7-5-4-6-8-13/h4-8,12,14,19H,3,9-11H2,1-2H3,(H,17,20)(H,18,21). The molecule has 5 heteroatoms. The SMILES string of the molecule is CCC(O)CCNC(=O)CC(C)NC(=O)c1ccccc1. The number of aliphatic hydroxyl groups is 1. The normalized spacial score (nSPS) is 13.3. The molecular formula is C16H24N2O3. The molecule has 0 heterocycles. The zero-order valence-electron chi connectivity index (χ0n) is 12.6. The van der Waals surface area contributed by atoms with Crippen molar-refractivity contribution < 1.29 is 14.7 Å². The second-order valence-electron chi connectivity index (χ2n) is 5.15. The van der Waals surface area contributed by atoms with Gasteiger partial charge < -0.3 is 15.7 Å². The molecule has 2 unspecified atom stereocenters. The topological polar surface area (TPSA) is 78.4 Å². The third kappa shape index (κ3) is 6.90. The molecule has 0 aliphatic rings. The highest BCUT2D eigenvalue weighted by Crippen LogP contribution is 2.00. The number of rotatable bonds is 8. The van der Waals surface area contributed by atoms with Crippen molar-refractivity contribution in [2.45, 2.75) is 45.3 Å². The van der Waals surface area contributed by atoms with E-state index in [1.807, 2.05) is 13.0 Å². The molecule has 2 amide bonds. The first-order valence-corrected chi connectivity index (χ1v) is 7.33. The van der Waals surface area contributed by atoms with Crippen LogP contribution in [0.2, 0.25) is 0 Å². The molecule has 0 saturated carbocycles. The minimum Gasteiger partial charge on any atom is -0.393 e. The molecule has 116 valence electrons. The Labute approximate surface area is 125 Å². The summed E-state index contributed by atoms with van der Waals surface area (Å²) in [5.41, 5.74) is 0.579. The molecule has 2 atom stereocenters. The van der Waals surface area contributed by atoms with E-state index >= 15 is 0 Å². The summed E-state index contributed by atoms with van der Waals surface area (Å²) in [6, 6.07) is 8.66. The average molecular weight is 292 g/mol. The number of nitrogens with one attached hydrogen (secondary N) is 2. The van der Waals surface area contributed by atoms with E-state index in [4.69, 9.17) is 0 Å². The summed E-state index contributed by atoms with van der Waals surface area (Å²) < 4.78 is 0. The third-order valence-corrected chi connectivity index (χ3v) is 3.18. The van der Waals surface area contributed by atoms with E-state index < -0.39 is 0 Å². The molecule has 0 aliphatic heterocycles. The van der Waals surface area contributed by atoms with Crippen LogP contribution in [0, 0.1) is 0 Å². The number of benzene rings is 1. The van der Waals surface area contributed by atoms with Gasteiger partial charge in [-0.2, -0.15) is 0 Å². The van der Waals surface area contributed by atoms with Gasteiger partial charge in [-0.25, -0.2) is 0 Å². The van der Waals surface area contributed by atoms with Gasteiger partial charge >= 0.3 is 0 Å². The van der Waals surface area contributed by atoms with Crippen LogP contribution in [-0.2, 0) is 4.79 Å². The van der Waals surface area contributed by atoms with Crippen molar-refractivity contribution in [3.8, 4) is 0 Å². The van der Waals surface area contributed by atoms with Gasteiger partial charge in [0.1, 0.15) is 0 Å². The highest BCUT2D eigenvalue weighted by atomic mass is 16.3. The van der Waals surface area contributed by atoms with E-state index in [1.54, 1.807) is 31.2 Å². The Morgan fingerprint density at radius 2 is 1.90 bits per heavy atom. The van der Waals surface area contributed by atoms with Crippen molar-refractivity contribution >= 4 is 11.8 Å². The fraction of sp³-hybridized carbons (Fsp3) is 0.500. The van der Waals surface area contributed by atoms with Crippen LogP contribution in [0.4, 0.5) is 0 Å². The monoisotopic (exact) mass is 292 g/mol. The minimum absolute atomic E-state index is 0.126. The van der Waals surface area contributed by atoms with Crippen molar-refractivity contribution in [3.63, 3.8) is 0 Å². The lowest BCUT2D eigenvalue weighted by molar-refractivity contribution is -0.121. The van der Waals surface area contributed by atoms with Crippen LogP contribution in [0.1, 0.15) is 43.5 Å². The van der Waals surface area contributed by atoms with Gasteiger partial charge in [-0.1, -0.05) is 25.1 Å². The van der Waals surface area contributed by atoms with Crippen LogP contribution >= 0.6 is 0 Å². The van der Waals surface area contributed by atoms with Gasteiger partial charge in [0.25, 0.3) is 5.91 Å². The first-order chi connectivity index (χ1) is 10.0. The summed E-state index contributed by atoms with van der Waals surface area (Å²) in [5.74, 6) is -0.309. The lowest BCUT2D eigenvalue weighted by Gasteiger charge is -2.14. The van der Waals surface area contributed by atoms with Crippen LogP contribution in [-0.4, -0.2) is 35.6 Å². The summed E-state index contributed by atoms with van der Waals surface area (Å²) in [5, 5.41) is 14.9.